The van der Waals surface area contributed by atoms with Crippen molar-refractivity contribution in [2.75, 3.05) is 13.7 Å². The summed E-state index contributed by atoms with van der Waals surface area (Å²) in [6.07, 6.45) is 5.63. The lowest BCUT2D eigenvalue weighted by molar-refractivity contribution is -0.134. The minimum Gasteiger partial charge on any atom is -0.396 e. The number of hydrogen-bond acceptors (Lipinski definition) is 2. The third-order valence-corrected chi connectivity index (χ3v) is 5.34. The van der Waals surface area contributed by atoms with Gasteiger partial charge in [0.15, 0.2) is 0 Å². The van der Waals surface area contributed by atoms with Crippen molar-refractivity contribution in [2.24, 2.45) is 17.8 Å². The van der Waals surface area contributed by atoms with Gasteiger partial charge in [-0.3, -0.25) is 4.79 Å². The SMILES string of the molecule is CN(C(=O)C1C2CCCCC21)C(CCO)c1ccccc1. The van der Waals surface area contributed by atoms with E-state index in [1.807, 2.05) is 42.3 Å². The van der Waals surface area contributed by atoms with Gasteiger partial charge in [-0.1, -0.05) is 43.2 Å². The molecule has 3 atom stereocenters. The first-order valence-corrected chi connectivity index (χ1v) is 8.16. The van der Waals surface area contributed by atoms with Gasteiger partial charge in [0, 0.05) is 19.6 Å². The van der Waals surface area contributed by atoms with Crippen LogP contribution in [0.5, 0.6) is 0 Å². The maximum atomic E-state index is 12.8. The number of nitrogens with zero attached hydrogens (tertiary/aromatic N) is 1. The molecule has 114 valence electrons. The van der Waals surface area contributed by atoms with Crippen molar-refractivity contribution >= 4 is 5.91 Å². The summed E-state index contributed by atoms with van der Waals surface area (Å²) < 4.78 is 0. The third kappa shape index (κ3) is 2.84. The normalized spacial score (nSPS) is 28.6. The molecule has 2 fully saturated rings. The Morgan fingerprint density at radius 1 is 1.24 bits per heavy atom. The van der Waals surface area contributed by atoms with Crippen molar-refractivity contribution in [1.82, 2.24) is 4.90 Å². The van der Waals surface area contributed by atoms with Gasteiger partial charge in [0.05, 0.1) is 6.04 Å². The first-order chi connectivity index (χ1) is 10.2. The van der Waals surface area contributed by atoms with Crippen LogP contribution in [0.15, 0.2) is 30.3 Å². The highest BCUT2D eigenvalue weighted by atomic mass is 16.3. The summed E-state index contributed by atoms with van der Waals surface area (Å²) in [7, 11) is 1.90. The van der Waals surface area contributed by atoms with E-state index in [-0.39, 0.29) is 24.5 Å². The van der Waals surface area contributed by atoms with E-state index in [0.717, 1.165) is 5.56 Å². The van der Waals surface area contributed by atoms with Gasteiger partial charge in [-0.05, 0) is 36.7 Å². The molecule has 3 rings (SSSR count). The van der Waals surface area contributed by atoms with Crippen LogP contribution in [0.1, 0.15) is 43.7 Å². The summed E-state index contributed by atoms with van der Waals surface area (Å²) in [6, 6.07) is 10.1. The van der Waals surface area contributed by atoms with Crippen molar-refractivity contribution in [1.29, 1.82) is 0 Å². The van der Waals surface area contributed by atoms with E-state index >= 15 is 0 Å². The molecule has 1 N–H and O–H groups in total. The molecule has 1 aromatic rings. The van der Waals surface area contributed by atoms with Crippen molar-refractivity contribution < 1.29 is 9.90 Å². The summed E-state index contributed by atoms with van der Waals surface area (Å²) >= 11 is 0. The maximum Gasteiger partial charge on any atom is 0.226 e. The van der Waals surface area contributed by atoms with Gasteiger partial charge in [-0.2, -0.15) is 0 Å². The standard InChI is InChI=1S/C18H25NO2/c1-19(16(11-12-20)13-7-3-2-4-8-13)18(21)17-14-9-5-6-10-15(14)17/h2-4,7-8,14-17,20H,5-6,9-12H2,1H3. The molecule has 0 aliphatic heterocycles. The molecule has 0 saturated heterocycles. The largest absolute Gasteiger partial charge is 0.396 e. The molecule has 3 heteroatoms. The van der Waals surface area contributed by atoms with E-state index in [2.05, 4.69) is 0 Å². The van der Waals surface area contributed by atoms with E-state index in [1.165, 1.54) is 25.7 Å². The van der Waals surface area contributed by atoms with E-state index in [4.69, 9.17) is 0 Å². The van der Waals surface area contributed by atoms with Crippen LogP contribution in [0.4, 0.5) is 0 Å². The minimum absolute atomic E-state index is 0.00801. The van der Waals surface area contributed by atoms with Crippen molar-refractivity contribution in [3.8, 4) is 0 Å². The van der Waals surface area contributed by atoms with E-state index in [1.54, 1.807) is 0 Å². The van der Waals surface area contributed by atoms with Crippen LogP contribution in [-0.4, -0.2) is 29.6 Å². The Balaban J connectivity index is 1.72. The van der Waals surface area contributed by atoms with Gasteiger partial charge in [-0.15, -0.1) is 0 Å². The lowest BCUT2D eigenvalue weighted by Gasteiger charge is -2.28. The summed E-state index contributed by atoms with van der Waals surface area (Å²) in [5.74, 6) is 1.81. The van der Waals surface area contributed by atoms with Crippen molar-refractivity contribution in [2.45, 2.75) is 38.1 Å². The Bertz CT molecular complexity index is 475. The third-order valence-electron chi connectivity index (χ3n) is 5.34. The van der Waals surface area contributed by atoms with Crippen LogP contribution < -0.4 is 0 Å². The molecule has 0 radical (unpaired) electrons. The molecule has 2 saturated carbocycles. The first kappa shape index (κ1) is 14.6. The first-order valence-electron chi connectivity index (χ1n) is 8.16. The van der Waals surface area contributed by atoms with Gasteiger partial charge in [0.2, 0.25) is 5.91 Å². The smallest absolute Gasteiger partial charge is 0.226 e. The Morgan fingerprint density at radius 3 is 2.43 bits per heavy atom. The van der Waals surface area contributed by atoms with Gasteiger partial charge in [-0.25, -0.2) is 0 Å². The van der Waals surface area contributed by atoms with Crippen LogP contribution in [0.25, 0.3) is 0 Å². The van der Waals surface area contributed by atoms with Crippen LogP contribution in [-0.2, 0) is 4.79 Å². The summed E-state index contributed by atoms with van der Waals surface area (Å²) in [5.41, 5.74) is 1.12. The molecule has 2 aliphatic rings. The zero-order valence-corrected chi connectivity index (χ0v) is 12.7. The predicted molar refractivity (Wildman–Crippen MR) is 82.6 cm³/mol. The molecule has 0 aromatic heterocycles. The molecule has 1 aromatic carbocycles. The number of carbonyl (C=O) groups excluding carboxylic acids is 1. The number of fused-ring (bicyclic) bond motifs is 1. The maximum absolute atomic E-state index is 12.8. The van der Waals surface area contributed by atoms with E-state index < -0.39 is 0 Å². The molecule has 1 amide bonds. The van der Waals surface area contributed by atoms with E-state index in [0.29, 0.717) is 18.3 Å². The summed E-state index contributed by atoms with van der Waals surface area (Å²) in [6.45, 7) is 0.106. The fraction of sp³-hybridized carbons (Fsp3) is 0.611. The number of carbonyl (C=O) groups is 1. The summed E-state index contributed by atoms with van der Waals surface area (Å²) in [4.78, 5) is 14.7. The van der Waals surface area contributed by atoms with Gasteiger partial charge in [0.25, 0.3) is 0 Å². The van der Waals surface area contributed by atoms with Crippen LogP contribution >= 0.6 is 0 Å². The monoisotopic (exact) mass is 287 g/mol. The number of amides is 1. The Kier molecular flexibility index (Phi) is 4.29. The molecular weight excluding hydrogens is 262 g/mol. The van der Waals surface area contributed by atoms with Gasteiger partial charge in [0.1, 0.15) is 0 Å². The molecule has 0 bridgehead atoms. The number of aliphatic hydroxyl groups is 1. The second-order valence-electron chi connectivity index (χ2n) is 6.53. The lowest BCUT2D eigenvalue weighted by Crippen LogP contribution is -2.33. The van der Waals surface area contributed by atoms with E-state index in [9.17, 15) is 9.90 Å². The van der Waals surface area contributed by atoms with Gasteiger partial charge >= 0.3 is 0 Å². The molecule has 0 spiro atoms. The zero-order chi connectivity index (χ0) is 14.8. The predicted octanol–water partition coefficient (Wildman–Crippen LogP) is 3.00. The Hall–Kier alpha value is -1.35. The minimum atomic E-state index is -0.00801. The van der Waals surface area contributed by atoms with Crippen LogP contribution in [0.3, 0.4) is 0 Å². The summed E-state index contributed by atoms with van der Waals surface area (Å²) in [5, 5.41) is 9.35. The number of rotatable bonds is 5. The molecule has 2 aliphatic carbocycles. The molecule has 3 nitrogen and oxygen atoms in total. The lowest BCUT2D eigenvalue weighted by atomic mass is 10.0. The average Bonchev–Trinajstić information content (AvgIpc) is 3.26. The zero-order valence-electron chi connectivity index (χ0n) is 12.7. The number of aliphatic hydroxyl groups excluding tert-OH is 1. The molecular formula is C18H25NO2. The van der Waals surface area contributed by atoms with Gasteiger partial charge < -0.3 is 10.0 Å². The van der Waals surface area contributed by atoms with Crippen LogP contribution in [0.2, 0.25) is 0 Å². The van der Waals surface area contributed by atoms with Crippen molar-refractivity contribution in [3.05, 3.63) is 35.9 Å². The molecule has 21 heavy (non-hydrogen) atoms. The topological polar surface area (TPSA) is 40.5 Å². The Labute approximate surface area is 127 Å². The molecule has 0 heterocycles. The number of hydrogen-bond donors (Lipinski definition) is 1. The highest BCUT2D eigenvalue weighted by Gasteiger charge is 2.55. The number of benzene rings is 1. The quantitative estimate of drug-likeness (QED) is 0.904. The second-order valence-corrected chi connectivity index (χ2v) is 6.53. The fourth-order valence-electron chi connectivity index (χ4n) is 4.13. The highest BCUT2D eigenvalue weighted by molar-refractivity contribution is 5.82. The Morgan fingerprint density at radius 2 is 1.86 bits per heavy atom. The second kappa shape index (κ2) is 6.18. The molecule has 3 unspecified atom stereocenters. The van der Waals surface area contributed by atoms with Crippen LogP contribution in [0, 0.1) is 17.8 Å². The average molecular weight is 287 g/mol. The fourth-order valence-corrected chi connectivity index (χ4v) is 4.13. The van der Waals surface area contributed by atoms with Crippen molar-refractivity contribution in [3.63, 3.8) is 0 Å². The highest BCUT2D eigenvalue weighted by Crippen LogP contribution is 2.56.